The Morgan fingerprint density at radius 3 is 2.67 bits per heavy atom. The van der Waals surface area contributed by atoms with Crippen LogP contribution in [0.2, 0.25) is 0 Å². The molecular formula is C15H21FN4O. The molecular weight excluding hydrogens is 271 g/mol. The van der Waals surface area contributed by atoms with Gasteiger partial charge in [0.25, 0.3) is 0 Å². The Kier molecular flexibility index (Phi) is 5.03. The second-order valence-electron chi connectivity index (χ2n) is 5.38. The number of aromatic nitrogens is 3. The Balaban J connectivity index is 2.18. The Morgan fingerprint density at radius 1 is 1.33 bits per heavy atom. The zero-order valence-corrected chi connectivity index (χ0v) is 12.5. The van der Waals surface area contributed by atoms with Crippen molar-refractivity contribution in [2.24, 2.45) is 13.0 Å². The van der Waals surface area contributed by atoms with E-state index in [4.69, 9.17) is 0 Å². The van der Waals surface area contributed by atoms with Crippen molar-refractivity contribution in [3.63, 3.8) is 0 Å². The summed E-state index contributed by atoms with van der Waals surface area (Å²) in [6, 6.07) is 4.81. The van der Waals surface area contributed by atoms with Gasteiger partial charge in [0.05, 0.1) is 23.7 Å². The maximum atomic E-state index is 13.9. The fraction of sp³-hybridized carbons (Fsp3) is 0.467. The van der Waals surface area contributed by atoms with E-state index in [0.29, 0.717) is 11.4 Å². The number of aliphatic hydroxyl groups excluding tert-OH is 1. The third-order valence-corrected chi connectivity index (χ3v) is 3.54. The van der Waals surface area contributed by atoms with Crippen molar-refractivity contribution in [3.05, 3.63) is 35.9 Å². The molecule has 0 aromatic carbocycles. The summed E-state index contributed by atoms with van der Waals surface area (Å²) < 4.78 is 15.6. The Hall–Kier alpha value is -1.79. The molecule has 0 saturated carbocycles. The highest BCUT2D eigenvalue weighted by Crippen LogP contribution is 2.17. The summed E-state index contributed by atoms with van der Waals surface area (Å²) in [5, 5.41) is 16.5. The number of pyridine rings is 1. The highest BCUT2D eigenvalue weighted by molar-refractivity contribution is 5.54. The molecule has 2 rings (SSSR count). The number of halogens is 1. The average molecular weight is 292 g/mol. The number of hydrogen-bond donors (Lipinski definition) is 2. The van der Waals surface area contributed by atoms with Gasteiger partial charge in [-0.25, -0.2) is 9.37 Å². The third-order valence-electron chi connectivity index (χ3n) is 3.54. The summed E-state index contributed by atoms with van der Waals surface area (Å²) in [4.78, 5) is 4.36. The summed E-state index contributed by atoms with van der Waals surface area (Å²) >= 11 is 0. The highest BCUT2D eigenvalue weighted by Gasteiger charge is 2.14. The molecule has 2 heterocycles. The van der Waals surface area contributed by atoms with Gasteiger partial charge in [-0.3, -0.25) is 4.68 Å². The number of aliphatic hydroxyl groups is 1. The van der Waals surface area contributed by atoms with Gasteiger partial charge in [-0.1, -0.05) is 13.8 Å². The smallest absolute Gasteiger partial charge is 0.146 e. The zero-order valence-electron chi connectivity index (χ0n) is 12.5. The number of rotatable bonds is 6. The lowest BCUT2D eigenvalue weighted by Gasteiger charge is -2.20. The van der Waals surface area contributed by atoms with Crippen molar-refractivity contribution >= 4 is 0 Å². The molecule has 2 N–H and O–H groups in total. The van der Waals surface area contributed by atoms with Gasteiger partial charge in [0.2, 0.25) is 0 Å². The van der Waals surface area contributed by atoms with Gasteiger partial charge in [-0.15, -0.1) is 0 Å². The minimum absolute atomic E-state index is 0.0146. The quantitative estimate of drug-likeness (QED) is 0.851. The van der Waals surface area contributed by atoms with Gasteiger partial charge in [-0.2, -0.15) is 5.10 Å². The number of aryl methyl sites for hydroxylation is 1. The number of nitrogens with zero attached hydrogens (tertiary/aromatic N) is 3. The lowest BCUT2D eigenvalue weighted by atomic mass is 10.1. The van der Waals surface area contributed by atoms with E-state index in [9.17, 15) is 9.50 Å². The normalized spacial score (nSPS) is 12.9. The molecule has 0 fully saturated rings. The summed E-state index contributed by atoms with van der Waals surface area (Å²) in [5.74, 6) is -0.0906. The van der Waals surface area contributed by atoms with E-state index >= 15 is 0 Å². The van der Waals surface area contributed by atoms with Crippen LogP contribution in [0.15, 0.2) is 24.4 Å². The molecule has 2 aromatic rings. The Labute approximate surface area is 123 Å². The molecule has 1 atom stereocenters. The van der Waals surface area contributed by atoms with E-state index in [-0.39, 0.29) is 30.9 Å². The molecule has 6 heteroatoms. The highest BCUT2D eigenvalue weighted by atomic mass is 19.1. The van der Waals surface area contributed by atoms with Crippen LogP contribution in [-0.2, 0) is 13.6 Å². The first-order valence-electron chi connectivity index (χ1n) is 7.01. The second-order valence-corrected chi connectivity index (χ2v) is 5.38. The minimum atomic E-state index is -0.353. The molecule has 114 valence electrons. The molecule has 0 aliphatic carbocycles. The van der Waals surface area contributed by atoms with Crippen LogP contribution in [-0.4, -0.2) is 32.5 Å². The van der Waals surface area contributed by atoms with Gasteiger partial charge in [0, 0.05) is 25.8 Å². The lowest BCUT2D eigenvalue weighted by molar-refractivity contribution is 0.209. The molecule has 2 aromatic heterocycles. The minimum Gasteiger partial charge on any atom is -0.395 e. The number of hydrogen-bond acceptors (Lipinski definition) is 4. The van der Waals surface area contributed by atoms with Crippen molar-refractivity contribution in [1.29, 1.82) is 0 Å². The van der Waals surface area contributed by atoms with E-state index in [1.165, 1.54) is 6.07 Å². The Bertz CT molecular complexity index is 597. The van der Waals surface area contributed by atoms with Gasteiger partial charge in [0.1, 0.15) is 5.82 Å². The summed E-state index contributed by atoms with van der Waals surface area (Å²) in [6.07, 6.45) is 1.68. The van der Waals surface area contributed by atoms with Crippen molar-refractivity contribution in [2.45, 2.75) is 26.4 Å². The van der Waals surface area contributed by atoms with Crippen LogP contribution in [0.3, 0.4) is 0 Å². The summed E-state index contributed by atoms with van der Waals surface area (Å²) in [7, 11) is 1.82. The standard InChI is InChI=1S/C15H21FN4O/c1-10(2)14(9-21)17-8-13-11(16)4-5-12(19-13)15-6-7-18-20(15)3/h4-7,10,14,17,21H,8-9H2,1-3H3/t14-/m0/s1. The van der Waals surface area contributed by atoms with Gasteiger partial charge in [0.15, 0.2) is 0 Å². The van der Waals surface area contributed by atoms with Crippen LogP contribution in [0.1, 0.15) is 19.5 Å². The molecule has 0 aliphatic heterocycles. The predicted octanol–water partition coefficient (Wildman–Crippen LogP) is 1.73. The third kappa shape index (κ3) is 3.65. The molecule has 5 nitrogen and oxygen atoms in total. The van der Waals surface area contributed by atoms with Gasteiger partial charge < -0.3 is 10.4 Å². The first-order chi connectivity index (χ1) is 10.0. The van der Waals surface area contributed by atoms with E-state index in [1.54, 1.807) is 16.9 Å². The van der Waals surface area contributed by atoms with Crippen molar-refractivity contribution in [1.82, 2.24) is 20.1 Å². The molecule has 21 heavy (non-hydrogen) atoms. The monoisotopic (exact) mass is 292 g/mol. The Morgan fingerprint density at radius 2 is 2.10 bits per heavy atom. The first-order valence-corrected chi connectivity index (χ1v) is 7.01. The van der Waals surface area contributed by atoms with Crippen molar-refractivity contribution in [2.75, 3.05) is 6.61 Å². The molecule has 0 spiro atoms. The van der Waals surface area contributed by atoms with Crippen molar-refractivity contribution < 1.29 is 9.50 Å². The molecule has 0 aliphatic rings. The van der Waals surface area contributed by atoms with Gasteiger partial charge >= 0.3 is 0 Å². The second kappa shape index (κ2) is 6.78. The van der Waals surface area contributed by atoms with E-state index < -0.39 is 0 Å². The van der Waals surface area contributed by atoms with E-state index in [0.717, 1.165) is 5.69 Å². The fourth-order valence-electron chi connectivity index (χ4n) is 2.11. The van der Waals surface area contributed by atoms with Crippen LogP contribution in [0, 0.1) is 11.7 Å². The fourth-order valence-corrected chi connectivity index (χ4v) is 2.11. The SMILES string of the molecule is CC(C)[C@H](CO)NCc1nc(-c2ccnn2C)ccc1F. The van der Waals surface area contributed by atoms with Crippen LogP contribution in [0.5, 0.6) is 0 Å². The molecule has 0 unspecified atom stereocenters. The lowest BCUT2D eigenvalue weighted by Crippen LogP contribution is -2.37. The van der Waals surface area contributed by atoms with Gasteiger partial charge in [-0.05, 0) is 24.1 Å². The van der Waals surface area contributed by atoms with Crippen LogP contribution in [0.25, 0.3) is 11.4 Å². The topological polar surface area (TPSA) is 63.0 Å². The number of nitrogens with one attached hydrogen (secondary N) is 1. The van der Waals surface area contributed by atoms with Crippen molar-refractivity contribution in [3.8, 4) is 11.4 Å². The maximum Gasteiger partial charge on any atom is 0.146 e. The first kappa shape index (κ1) is 15.6. The molecule has 0 amide bonds. The van der Waals surface area contributed by atoms with Crippen LogP contribution >= 0.6 is 0 Å². The maximum absolute atomic E-state index is 13.9. The molecule has 0 bridgehead atoms. The van der Waals surface area contributed by atoms with Crippen LogP contribution < -0.4 is 5.32 Å². The molecule has 0 radical (unpaired) electrons. The van der Waals surface area contributed by atoms with Crippen LogP contribution in [0.4, 0.5) is 4.39 Å². The molecule has 0 saturated heterocycles. The zero-order chi connectivity index (χ0) is 15.4. The van der Waals surface area contributed by atoms with E-state index in [1.807, 2.05) is 27.0 Å². The predicted molar refractivity (Wildman–Crippen MR) is 78.9 cm³/mol. The summed E-state index contributed by atoms with van der Waals surface area (Å²) in [5.41, 5.74) is 1.85. The largest absolute Gasteiger partial charge is 0.395 e. The van der Waals surface area contributed by atoms with E-state index in [2.05, 4.69) is 15.4 Å². The summed E-state index contributed by atoms with van der Waals surface area (Å²) in [6.45, 7) is 4.30. The average Bonchev–Trinajstić information content (AvgIpc) is 2.87.